The molecule has 2 fully saturated rings. The molecule has 118 valence electrons. The van der Waals surface area contributed by atoms with Crippen molar-refractivity contribution in [2.45, 2.75) is 56.4 Å². The number of imidazole rings is 1. The van der Waals surface area contributed by atoms with Crippen molar-refractivity contribution in [3.63, 3.8) is 0 Å². The van der Waals surface area contributed by atoms with Crippen molar-refractivity contribution >= 4 is 22.9 Å². The van der Waals surface area contributed by atoms with Crippen LogP contribution in [0.1, 0.15) is 49.7 Å². The minimum absolute atomic E-state index is 0.331. The van der Waals surface area contributed by atoms with Gasteiger partial charge in [0.25, 0.3) is 0 Å². The van der Waals surface area contributed by atoms with Gasteiger partial charge >= 0.3 is 0 Å². The third-order valence-electron chi connectivity index (χ3n) is 4.65. The maximum Gasteiger partial charge on any atom is 0.160 e. The second-order valence-electron chi connectivity index (χ2n) is 6.26. The van der Waals surface area contributed by atoms with Gasteiger partial charge in [0.15, 0.2) is 5.65 Å². The van der Waals surface area contributed by atoms with E-state index in [1.807, 2.05) is 12.3 Å². The number of nitrogens with zero attached hydrogens (tertiary/aromatic N) is 3. The minimum Gasteiger partial charge on any atom is -0.378 e. The van der Waals surface area contributed by atoms with Gasteiger partial charge in [0.1, 0.15) is 11.3 Å². The molecule has 0 aliphatic carbocycles. The van der Waals surface area contributed by atoms with E-state index in [0.717, 1.165) is 30.6 Å². The highest BCUT2D eigenvalue weighted by atomic mass is 32.2. The number of rotatable bonds is 3. The molecule has 0 radical (unpaired) electrons. The predicted molar refractivity (Wildman–Crippen MR) is 90.2 cm³/mol. The first-order valence-electron chi connectivity index (χ1n) is 8.47. The monoisotopic (exact) mass is 317 g/mol. The van der Waals surface area contributed by atoms with Crippen LogP contribution in [0.15, 0.2) is 18.3 Å². The van der Waals surface area contributed by atoms with Gasteiger partial charge in [-0.15, -0.1) is 11.8 Å². The van der Waals surface area contributed by atoms with E-state index in [9.17, 15) is 0 Å². The highest BCUT2D eigenvalue weighted by molar-refractivity contribution is 7.99. The average Bonchev–Trinajstić information content (AvgIpc) is 2.94. The summed E-state index contributed by atoms with van der Waals surface area (Å²) in [7, 11) is 0. The van der Waals surface area contributed by atoms with Gasteiger partial charge in [-0.3, -0.25) is 4.57 Å². The molecule has 0 bridgehead atoms. The van der Waals surface area contributed by atoms with Crippen LogP contribution in [0.5, 0.6) is 0 Å². The summed E-state index contributed by atoms with van der Waals surface area (Å²) in [5.74, 6) is 2.41. The molecular formula is C17H23N3OS. The van der Waals surface area contributed by atoms with Crippen molar-refractivity contribution in [1.82, 2.24) is 14.5 Å². The summed E-state index contributed by atoms with van der Waals surface area (Å²) in [4.78, 5) is 9.51. The minimum atomic E-state index is 0.331. The predicted octanol–water partition coefficient (Wildman–Crippen LogP) is 3.96. The first kappa shape index (κ1) is 14.5. The maximum atomic E-state index is 5.94. The Hall–Kier alpha value is -1.07. The Bertz CT molecular complexity index is 630. The summed E-state index contributed by atoms with van der Waals surface area (Å²) >= 11 is 2.05. The summed E-state index contributed by atoms with van der Waals surface area (Å²) in [6.07, 6.45) is 10.7. The molecule has 0 aromatic carbocycles. The van der Waals surface area contributed by atoms with Crippen LogP contribution in [-0.2, 0) is 11.2 Å². The standard InChI is InChI=1S/C17H23N3OS/c1-3-10-21-13(6-1)12-15-19-14-7-5-9-18-17(14)20(15)16-8-2-4-11-22-16/h5,7,9,13,16H,1-4,6,8,10-12H2. The molecule has 4 rings (SSSR count). The molecular weight excluding hydrogens is 294 g/mol. The Balaban J connectivity index is 1.68. The van der Waals surface area contributed by atoms with Crippen molar-refractivity contribution in [2.75, 3.05) is 12.4 Å². The summed E-state index contributed by atoms with van der Waals surface area (Å²) in [6.45, 7) is 0.904. The van der Waals surface area contributed by atoms with Gasteiger partial charge in [0, 0.05) is 19.2 Å². The lowest BCUT2D eigenvalue weighted by atomic mass is 10.1. The van der Waals surface area contributed by atoms with E-state index in [-0.39, 0.29) is 0 Å². The lowest BCUT2D eigenvalue weighted by Crippen LogP contribution is -2.24. The van der Waals surface area contributed by atoms with Crippen molar-refractivity contribution in [2.24, 2.45) is 0 Å². The molecule has 5 heteroatoms. The third-order valence-corrected chi connectivity index (χ3v) is 6.01. The molecule has 0 amide bonds. The van der Waals surface area contributed by atoms with Crippen molar-refractivity contribution < 1.29 is 4.74 Å². The molecule has 2 saturated heterocycles. The Labute approximate surface area is 135 Å². The molecule has 0 N–H and O–H groups in total. The van der Waals surface area contributed by atoms with Crippen LogP contribution >= 0.6 is 11.8 Å². The normalized spacial score (nSPS) is 26.4. The number of hydrogen-bond acceptors (Lipinski definition) is 4. The Morgan fingerprint density at radius 3 is 3.00 bits per heavy atom. The zero-order valence-corrected chi connectivity index (χ0v) is 13.7. The zero-order chi connectivity index (χ0) is 14.8. The van der Waals surface area contributed by atoms with Crippen molar-refractivity contribution in [3.05, 3.63) is 24.2 Å². The van der Waals surface area contributed by atoms with Crippen LogP contribution < -0.4 is 0 Å². The van der Waals surface area contributed by atoms with E-state index in [4.69, 9.17) is 9.72 Å². The molecule has 2 aromatic heterocycles. The van der Waals surface area contributed by atoms with Crippen LogP contribution in [0.4, 0.5) is 0 Å². The van der Waals surface area contributed by atoms with Crippen LogP contribution in [0.25, 0.3) is 11.2 Å². The lowest BCUT2D eigenvalue weighted by molar-refractivity contribution is 0.0152. The van der Waals surface area contributed by atoms with Crippen LogP contribution in [0, 0.1) is 0 Å². The molecule has 0 spiro atoms. The molecule has 2 aliphatic heterocycles. The number of pyridine rings is 1. The number of ether oxygens (including phenoxy) is 1. The fraction of sp³-hybridized carbons (Fsp3) is 0.647. The number of aromatic nitrogens is 3. The number of fused-ring (bicyclic) bond motifs is 1. The van der Waals surface area contributed by atoms with Gasteiger partial charge < -0.3 is 4.74 Å². The van der Waals surface area contributed by atoms with E-state index in [0.29, 0.717) is 11.5 Å². The summed E-state index contributed by atoms with van der Waals surface area (Å²) in [5.41, 5.74) is 2.08. The van der Waals surface area contributed by atoms with E-state index in [2.05, 4.69) is 27.4 Å². The van der Waals surface area contributed by atoms with E-state index in [1.165, 1.54) is 43.7 Å². The maximum absolute atomic E-state index is 5.94. The fourth-order valence-corrected chi connectivity index (χ4v) is 4.87. The molecule has 2 aromatic rings. The second kappa shape index (κ2) is 6.59. The highest BCUT2D eigenvalue weighted by Crippen LogP contribution is 2.37. The van der Waals surface area contributed by atoms with E-state index in [1.54, 1.807) is 0 Å². The Kier molecular flexibility index (Phi) is 4.35. The average molecular weight is 317 g/mol. The highest BCUT2D eigenvalue weighted by Gasteiger charge is 2.25. The van der Waals surface area contributed by atoms with Crippen LogP contribution in [0.3, 0.4) is 0 Å². The molecule has 2 unspecified atom stereocenters. The summed E-state index contributed by atoms with van der Waals surface area (Å²) in [6, 6.07) is 4.06. The van der Waals surface area contributed by atoms with Crippen LogP contribution in [0.2, 0.25) is 0 Å². The van der Waals surface area contributed by atoms with E-state index < -0.39 is 0 Å². The largest absolute Gasteiger partial charge is 0.378 e. The zero-order valence-electron chi connectivity index (χ0n) is 12.9. The smallest absolute Gasteiger partial charge is 0.160 e. The topological polar surface area (TPSA) is 39.9 Å². The third kappa shape index (κ3) is 2.88. The molecule has 4 nitrogen and oxygen atoms in total. The van der Waals surface area contributed by atoms with Crippen molar-refractivity contribution in [1.29, 1.82) is 0 Å². The quantitative estimate of drug-likeness (QED) is 0.859. The fourth-order valence-electron chi connectivity index (χ4n) is 3.52. The lowest BCUT2D eigenvalue weighted by Gasteiger charge is -2.27. The van der Waals surface area contributed by atoms with Gasteiger partial charge in [-0.2, -0.15) is 0 Å². The van der Waals surface area contributed by atoms with Gasteiger partial charge in [-0.05, 0) is 56.4 Å². The first-order valence-corrected chi connectivity index (χ1v) is 9.52. The molecule has 2 atom stereocenters. The Morgan fingerprint density at radius 2 is 2.18 bits per heavy atom. The molecule has 2 aliphatic rings. The van der Waals surface area contributed by atoms with Crippen LogP contribution in [-0.4, -0.2) is 33.0 Å². The summed E-state index contributed by atoms with van der Waals surface area (Å²) in [5, 5.41) is 0.493. The molecule has 0 saturated carbocycles. The Morgan fingerprint density at radius 1 is 1.23 bits per heavy atom. The van der Waals surface area contributed by atoms with Gasteiger partial charge in [0.2, 0.25) is 0 Å². The van der Waals surface area contributed by atoms with Gasteiger partial charge in [0.05, 0.1) is 11.5 Å². The first-order chi connectivity index (χ1) is 10.9. The second-order valence-corrected chi connectivity index (χ2v) is 7.54. The number of thioether (sulfide) groups is 1. The van der Waals surface area contributed by atoms with Crippen molar-refractivity contribution in [3.8, 4) is 0 Å². The summed E-state index contributed by atoms with van der Waals surface area (Å²) < 4.78 is 8.34. The van der Waals surface area contributed by atoms with E-state index >= 15 is 0 Å². The van der Waals surface area contributed by atoms with Gasteiger partial charge in [-0.1, -0.05) is 0 Å². The van der Waals surface area contributed by atoms with Gasteiger partial charge in [-0.25, -0.2) is 9.97 Å². The SMILES string of the molecule is c1cnc2c(c1)nc(CC1CCCCO1)n2C1CCCCS1. The molecule has 22 heavy (non-hydrogen) atoms. The number of hydrogen-bond donors (Lipinski definition) is 0. The molecule has 4 heterocycles.